The minimum absolute atomic E-state index is 0.418. The van der Waals surface area contributed by atoms with Crippen LogP contribution in [0, 0.1) is 0 Å². The van der Waals surface area contributed by atoms with Crippen molar-refractivity contribution in [2.45, 2.75) is 385 Å². The van der Waals surface area contributed by atoms with Gasteiger partial charge in [0.25, 0.3) is 0 Å². The Labute approximate surface area is 665 Å². The second-order valence-corrected chi connectivity index (χ2v) is 124. The van der Waals surface area contributed by atoms with Crippen LogP contribution in [0.4, 0.5) is 0 Å². The van der Waals surface area contributed by atoms with Gasteiger partial charge < -0.3 is 0 Å². The molecule has 2 radical (unpaired) electrons. The molecule has 0 saturated heterocycles. The molecule has 101 heavy (non-hydrogen) atoms. The van der Waals surface area contributed by atoms with Crippen LogP contribution in [-0.4, -0.2) is 129 Å². The van der Waals surface area contributed by atoms with Crippen LogP contribution in [0.1, 0.15) is 216 Å². The van der Waals surface area contributed by atoms with Gasteiger partial charge in [0.2, 0.25) is 0 Å². The van der Waals surface area contributed by atoms with Crippen LogP contribution in [-0.2, 0) is 25.3 Å². The van der Waals surface area contributed by atoms with E-state index in [1.54, 1.807) is 46.6 Å². The quantitative estimate of drug-likeness (QED) is 0.0411. The summed E-state index contributed by atoms with van der Waals surface area (Å²) in [6, 6.07) is 22.1. The third-order valence-corrected chi connectivity index (χ3v) is 88.7. The van der Waals surface area contributed by atoms with Gasteiger partial charge in [-0.05, 0) is 0 Å². The number of benzene rings is 4. The van der Waals surface area contributed by atoms with Gasteiger partial charge in [-0.2, -0.15) is 0 Å². The van der Waals surface area contributed by atoms with E-state index >= 15 is 0 Å². The zero-order valence-electron chi connectivity index (χ0n) is 75.9. The molecule has 0 aliphatic rings. The summed E-state index contributed by atoms with van der Waals surface area (Å²) in [5, 5.41) is 4.24. The first-order valence-corrected chi connectivity index (χ1v) is 89.1. The molecule has 0 bridgehead atoms. The Morgan fingerprint density at radius 1 is 0.228 bits per heavy atom. The molecule has 0 unspecified atom stereocenters. The average Bonchev–Trinajstić information content (AvgIpc) is 0.726. The van der Waals surface area contributed by atoms with E-state index in [0.29, 0.717) is 51.0 Å². The summed E-state index contributed by atoms with van der Waals surface area (Å²) in [4.78, 5) is 0. The molecule has 4 rings (SSSR count). The maximum atomic E-state index is 6.57. The Morgan fingerprint density at radius 3 is 0.584 bits per heavy atom. The topological polar surface area (TPSA) is 0 Å². The summed E-state index contributed by atoms with van der Waals surface area (Å²) in [7, 11) is -19.3. The van der Waals surface area contributed by atoms with Gasteiger partial charge in [-0.3, -0.25) is 0 Å². The molecule has 0 nitrogen and oxygen atoms in total. The van der Waals surface area contributed by atoms with Crippen molar-refractivity contribution in [2.24, 2.45) is 0 Å². The summed E-state index contributed by atoms with van der Waals surface area (Å²) in [6.45, 7) is 126. The van der Waals surface area contributed by atoms with Crippen LogP contribution in [0.15, 0.2) is 48.5 Å². The van der Waals surface area contributed by atoms with Crippen molar-refractivity contribution in [3.05, 3.63) is 115 Å². The molecule has 0 aliphatic heterocycles. The fourth-order valence-electron chi connectivity index (χ4n) is 21.4. The van der Waals surface area contributed by atoms with E-state index in [2.05, 4.69) is 367 Å². The Hall–Kier alpha value is 0.878. The molecule has 0 fully saturated rings. The van der Waals surface area contributed by atoms with Crippen molar-refractivity contribution in [3.8, 4) is 0 Å². The third-order valence-electron chi connectivity index (χ3n) is 22.0. The second-order valence-electron chi connectivity index (χ2n) is 47.0. The van der Waals surface area contributed by atoms with E-state index in [1.807, 2.05) is 15.5 Å². The molecule has 0 spiro atoms. The minimum atomic E-state index is -2.65. The predicted molar refractivity (Wildman–Crippen MR) is 517 cm³/mol. The molecule has 4 aromatic rings. The molecule has 16 heteroatoms. The van der Waals surface area contributed by atoms with Gasteiger partial charge in [0.15, 0.2) is 0 Å². The molecular weight excluding hydrogens is 1570 g/mol. The molecule has 0 aromatic heterocycles. The number of hydrogen-bond donors (Lipinski definition) is 0. The van der Waals surface area contributed by atoms with Gasteiger partial charge in [-0.1, -0.05) is 0 Å². The van der Waals surface area contributed by atoms with E-state index in [-0.39, 0.29) is 0 Å². The number of hydrogen-bond acceptors (Lipinski definition) is 2. The monoisotopic (exact) mass is 1730 g/mol. The van der Waals surface area contributed by atoms with E-state index in [1.165, 1.54) is 22.3 Å². The summed E-state index contributed by atoms with van der Waals surface area (Å²) in [5.74, 6) is 2.96. The van der Waals surface area contributed by atoms with Crippen LogP contribution < -0.4 is 17.6 Å². The zero-order chi connectivity index (χ0) is 79.7. The maximum absolute atomic E-state index is 6.57. The zero-order valence-corrected chi connectivity index (χ0v) is 93.7. The Kier molecular flexibility index (Phi) is 32.4. The van der Waals surface area contributed by atoms with Gasteiger partial charge in [0, 0.05) is 0 Å². The first-order valence-electron chi connectivity index (χ1n) is 40.1. The van der Waals surface area contributed by atoms with E-state index in [0.717, 1.165) is 18.5 Å². The van der Waals surface area contributed by atoms with Crippen LogP contribution in [0.2, 0.25) is 236 Å². The summed E-state index contributed by atoms with van der Waals surface area (Å²) < 4.78 is 7.95. The van der Waals surface area contributed by atoms with Crippen molar-refractivity contribution in [1.82, 2.24) is 0 Å². The Bertz CT molecular complexity index is 3240. The second kappa shape index (κ2) is 34.1. The van der Waals surface area contributed by atoms with Crippen LogP contribution in [0.5, 0.6) is 0 Å². The molecule has 574 valence electrons. The fraction of sp³-hybridized carbons (Fsp3) is 0.706. The van der Waals surface area contributed by atoms with Gasteiger partial charge in [-0.15, -0.1) is 0 Å². The predicted octanol–water partition coefficient (Wildman–Crippen LogP) is 26.2. The van der Waals surface area contributed by atoms with Gasteiger partial charge >= 0.3 is 673 Å². The molecule has 0 N–H and O–H groups in total. The summed E-state index contributed by atoms with van der Waals surface area (Å²) in [6.07, 6.45) is 0. The average molecular weight is 1730 g/mol. The van der Waals surface area contributed by atoms with Crippen LogP contribution in [0.25, 0.3) is 0 Å². The normalized spacial score (nSPS) is 14.3. The van der Waals surface area contributed by atoms with Crippen molar-refractivity contribution >= 4 is 172 Å². The van der Waals surface area contributed by atoms with E-state index in [4.69, 9.17) is 25.3 Å². The van der Waals surface area contributed by atoms with Gasteiger partial charge in [0.1, 0.15) is 0 Å². The summed E-state index contributed by atoms with van der Waals surface area (Å²) >= 11 is 9.89. The first-order chi connectivity index (χ1) is 44.6. The first kappa shape index (κ1) is 96.1. The van der Waals surface area contributed by atoms with Crippen molar-refractivity contribution < 1.29 is 0 Å². The van der Waals surface area contributed by atoms with E-state index in [9.17, 15) is 0 Å². The van der Waals surface area contributed by atoms with Crippen molar-refractivity contribution in [1.29, 1.82) is 0 Å². The standard InChI is InChI=1S/C43H84GeS2Si6.C42H82GeSi6/c1-29(2)32-25-34(30(3)4)38(35(26-32)31(5)6)44(43(45)46)39-36(41(49(13,14)15)50(16,17)18)27-33(40(47(7,8)9)48(10,11)12)28-37(39)42(51(19,20)21)52(22,23)24;1-29(2)32-25-34(30(3)4)38(35(26-32)31(5)6)43-39-36(41(46(13,14)15)47(16,17)18)27-33(40(44(7,8)9)45(10,11)12)28-37(39)42(48(19,20)21)49(22,23)24/h25-31,40-42,45-46H,1-24H3;25-31,40-42H,1-24H3/p-2. The summed E-state index contributed by atoms with van der Waals surface area (Å²) in [5.41, 5.74) is 20.1. The van der Waals surface area contributed by atoms with Crippen LogP contribution in [0.3, 0.4) is 0 Å². The molecule has 0 heterocycles. The Balaban J connectivity index is 0.000000526. The number of rotatable bonds is 28. The van der Waals surface area contributed by atoms with Crippen LogP contribution >= 0.6 is 0 Å². The molecule has 0 saturated carbocycles. The fourth-order valence-corrected chi connectivity index (χ4v) is 113. The molecular formula is C85H164Ge2S2Si12-2. The molecule has 0 atom stereocenters. The van der Waals surface area contributed by atoms with Crippen molar-refractivity contribution in [2.75, 3.05) is 0 Å². The Morgan fingerprint density at radius 2 is 0.396 bits per heavy atom. The third kappa shape index (κ3) is 24.4. The SMILES string of the molecule is CC(C)c1cc(C(C)C)[c]([Ge](=[C]([S-])[S-])[c]2c(C([Si](C)(C)C)[Si](C)(C)C)cc(C([Si](C)(C)C)[Si](C)(C)C)cc2C([Si](C)(C)C)[Si](C)(C)C)c(C(C)C)c1.CC(C)c1cc(C(C)C)[c]([Ge][c]2c(C([Si](C)(C)C)[Si](C)(C)C)cc(C([Si](C)(C)C)[Si](C)(C)C)cc2C([Si](C)(C)C)[Si](C)(C)C)c(C(C)C)c1. The van der Waals surface area contributed by atoms with Crippen molar-refractivity contribution in [3.63, 3.8) is 0 Å². The molecule has 0 amide bonds. The van der Waals surface area contributed by atoms with Gasteiger partial charge in [0.05, 0.1) is 0 Å². The molecule has 4 aromatic carbocycles. The molecule has 0 aliphatic carbocycles. The van der Waals surface area contributed by atoms with Gasteiger partial charge in [-0.25, -0.2) is 0 Å². The van der Waals surface area contributed by atoms with E-state index < -0.39 is 126 Å².